The van der Waals surface area contributed by atoms with E-state index in [-0.39, 0.29) is 24.3 Å². The molecule has 0 unspecified atom stereocenters. The standard InChI is InChI=1S/C15H22N2O3/c1-3-17-9-8-13(18)15(11(17)2)20-10-14(19)16-12-6-4-5-7-12/h8-9,12H,3-7,10H2,1-2H3,(H,16,19)/p+1. The number of nitrogens with zero attached hydrogens (tertiary/aromatic N) is 1. The summed E-state index contributed by atoms with van der Waals surface area (Å²) < 4.78 is 7.46. The number of aryl methyl sites for hydroxylation is 1. The van der Waals surface area contributed by atoms with Crippen molar-refractivity contribution in [3.8, 4) is 11.5 Å². The summed E-state index contributed by atoms with van der Waals surface area (Å²) >= 11 is 0. The van der Waals surface area contributed by atoms with Gasteiger partial charge in [-0.25, -0.2) is 0 Å². The Morgan fingerprint density at radius 1 is 1.50 bits per heavy atom. The van der Waals surface area contributed by atoms with E-state index < -0.39 is 0 Å². The summed E-state index contributed by atoms with van der Waals surface area (Å²) in [5.74, 6) is 0.333. The second-order valence-corrected chi connectivity index (χ2v) is 5.24. The number of rotatable bonds is 5. The van der Waals surface area contributed by atoms with Crippen LogP contribution < -0.4 is 14.6 Å². The van der Waals surface area contributed by atoms with Crippen molar-refractivity contribution in [2.75, 3.05) is 6.61 Å². The van der Waals surface area contributed by atoms with Gasteiger partial charge in [0.05, 0.1) is 0 Å². The van der Waals surface area contributed by atoms with Crippen LogP contribution in [0.5, 0.6) is 11.5 Å². The van der Waals surface area contributed by atoms with Crippen LogP contribution >= 0.6 is 0 Å². The molecule has 0 spiro atoms. The van der Waals surface area contributed by atoms with Crippen LogP contribution in [-0.4, -0.2) is 23.7 Å². The Kier molecular flexibility index (Phi) is 4.82. The minimum Gasteiger partial charge on any atom is -0.504 e. The highest BCUT2D eigenvalue weighted by Gasteiger charge is 2.20. The smallest absolute Gasteiger partial charge is 0.258 e. The van der Waals surface area contributed by atoms with Crippen LogP contribution in [0.15, 0.2) is 12.3 Å². The molecule has 5 heteroatoms. The molecule has 1 aliphatic rings. The van der Waals surface area contributed by atoms with Gasteiger partial charge in [-0.15, -0.1) is 0 Å². The molecule has 0 radical (unpaired) electrons. The van der Waals surface area contributed by atoms with Gasteiger partial charge in [0.2, 0.25) is 11.4 Å². The van der Waals surface area contributed by atoms with Crippen molar-refractivity contribution < 1.29 is 19.2 Å². The minimum absolute atomic E-state index is 0.0569. The molecular weight excluding hydrogens is 256 g/mol. The predicted octanol–water partition coefficient (Wildman–Crippen LogP) is 1.45. The molecule has 0 aromatic carbocycles. The first-order valence-electron chi connectivity index (χ1n) is 7.26. The number of pyridine rings is 1. The van der Waals surface area contributed by atoms with Crippen LogP contribution in [0.3, 0.4) is 0 Å². The molecule has 1 amide bonds. The van der Waals surface area contributed by atoms with E-state index in [0.717, 1.165) is 25.1 Å². The molecule has 5 nitrogen and oxygen atoms in total. The van der Waals surface area contributed by atoms with Gasteiger partial charge >= 0.3 is 0 Å². The summed E-state index contributed by atoms with van der Waals surface area (Å²) in [6.07, 6.45) is 6.27. The van der Waals surface area contributed by atoms with Crippen LogP contribution in [0, 0.1) is 6.92 Å². The molecular formula is C15H23N2O3+. The Morgan fingerprint density at radius 3 is 2.85 bits per heavy atom. The summed E-state index contributed by atoms with van der Waals surface area (Å²) in [6.45, 7) is 4.61. The molecule has 2 N–H and O–H groups in total. The first kappa shape index (κ1) is 14.6. The van der Waals surface area contributed by atoms with Gasteiger partial charge in [0.1, 0.15) is 6.54 Å². The van der Waals surface area contributed by atoms with Gasteiger partial charge in [-0.05, 0) is 19.8 Å². The lowest BCUT2D eigenvalue weighted by molar-refractivity contribution is -0.699. The van der Waals surface area contributed by atoms with Crippen LogP contribution in [0.4, 0.5) is 0 Å². The molecule has 0 aliphatic heterocycles. The van der Waals surface area contributed by atoms with Crippen molar-refractivity contribution in [2.45, 2.75) is 52.1 Å². The second kappa shape index (κ2) is 6.59. The van der Waals surface area contributed by atoms with E-state index in [1.807, 2.05) is 18.4 Å². The molecule has 0 saturated heterocycles. The lowest BCUT2D eigenvalue weighted by atomic mass is 10.2. The van der Waals surface area contributed by atoms with E-state index in [4.69, 9.17) is 4.74 Å². The van der Waals surface area contributed by atoms with E-state index in [9.17, 15) is 9.90 Å². The maximum Gasteiger partial charge on any atom is 0.258 e. The summed E-state index contributed by atoms with van der Waals surface area (Å²) in [6, 6.07) is 1.87. The molecule has 1 saturated carbocycles. The minimum atomic E-state index is -0.123. The molecule has 1 heterocycles. The Labute approximate surface area is 119 Å². The Bertz CT molecular complexity index is 482. The van der Waals surface area contributed by atoms with Crippen molar-refractivity contribution in [2.24, 2.45) is 0 Å². The number of ether oxygens (including phenoxy) is 1. The quantitative estimate of drug-likeness (QED) is 0.802. The summed E-state index contributed by atoms with van der Waals surface area (Å²) in [5.41, 5.74) is 0.821. The zero-order valence-electron chi connectivity index (χ0n) is 12.2. The Balaban J connectivity index is 1.94. The second-order valence-electron chi connectivity index (χ2n) is 5.24. The zero-order valence-corrected chi connectivity index (χ0v) is 12.2. The molecule has 2 rings (SSSR count). The molecule has 0 atom stereocenters. The van der Waals surface area contributed by atoms with Gasteiger partial charge in [-0.2, -0.15) is 4.57 Å². The third-order valence-corrected chi connectivity index (χ3v) is 3.81. The predicted molar refractivity (Wildman–Crippen MR) is 74.6 cm³/mol. The van der Waals surface area contributed by atoms with Crippen molar-refractivity contribution in [3.05, 3.63) is 18.0 Å². The molecule has 20 heavy (non-hydrogen) atoms. The number of aromatic hydroxyl groups is 1. The van der Waals surface area contributed by atoms with Gasteiger partial charge in [0.15, 0.2) is 18.6 Å². The SMILES string of the molecule is CC[n+]1ccc(O)c(OCC(=O)NC2CCCC2)c1C. The van der Waals surface area contributed by atoms with Crippen molar-refractivity contribution in [1.29, 1.82) is 0 Å². The number of carbonyl (C=O) groups is 1. The lowest BCUT2D eigenvalue weighted by Crippen LogP contribution is -2.38. The fraction of sp³-hybridized carbons (Fsp3) is 0.600. The normalized spacial score (nSPS) is 15.3. The van der Waals surface area contributed by atoms with Crippen LogP contribution in [0.1, 0.15) is 38.3 Å². The van der Waals surface area contributed by atoms with E-state index in [1.165, 1.54) is 12.8 Å². The highest BCUT2D eigenvalue weighted by Crippen LogP contribution is 2.26. The number of carbonyl (C=O) groups excluding carboxylic acids is 1. The number of amides is 1. The average Bonchev–Trinajstić information content (AvgIpc) is 2.91. The van der Waals surface area contributed by atoms with E-state index in [1.54, 1.807) is 12.3 Å². The van der Waals surface area contributed by atoms with E-state index in [2.05, 4.69) is 5.32 Å². The number of nitrogens with one attached hydrogen (secondary N) is 1. The maximum absolute atomic E-state index is 11.8. The molecule has 110 valence electrons. The zero-order chi connectivity index (χ0) is 14.5. The number of hydrogen-bond acceptors (Lipinski definition) is 3. The van der Waals surface area contributed by atoms with Gasteiger partial charge in [-0.3, -0.25) is 4.79 Å². The lowest BCUT2D eigenvalue weighted by Gasteiger charge is -2.13. The van der Waals surface area contributed by atoms with Crippen LogP contribution in [0.2, 0.25) is 0 Å². The highest BCUT2D eigenvalue weighted by atomic mass is 16.5. The molecule has 1 fully saturated rings. The summed E-state index contributed by atoms with van der Waals surface area (Å²) in [7, 11) is 0. The molecule has 1 aromatic rings. The van der Waals surface area contributed by atoms with E-state index in [0.29, 0.717) is 5.75 Å². The van der Waals surface area contributed by atoms with Crippen LogP contribution in [-0.2, 0) is 11.3 Å². The third kappa shape index (κ3) is 3.40. The first-order chi connectivity index (χ1) is 9.61. The largest absolute Gasteiger partial charge is 0.504 e. The van der Waals surface area contributed by atoms with Gasteiger partial charge in [0, 0.05) is 19.0 Å². The van der Waals surface area contributed by atoms with Crippen LogP contribution in [0.25, 0.3) is 0 Å². The molecule has 1 aliphatic carbocycles. The average molecular weight is 279 g/mol. The number of hydrogen-bond donors (Lipinski definition) is 2. The fourth-order valence-electron chi connectivity index (χ4n) is 2.66. The molecule has 0 bridgehead atoms. The molecule has 1 aromatic heterocycles. The van der Waals surface area contributed by atoms with Crippen molar-refractivity contribution in [1.82, 2.24) is 5.32 Å². The van der Waals surface area contributed by atoms with E-state index >= 15 is 0 Å². The van der Waals surface area contributed by atoms with Gasteiger partial charge < -0.3 is 15.2 Å². The number of aromatic nitrogens is 1. The first-order valence-corrected chi connectivity index (χ1v) is 7.26. The Hall–Kier alpha value is -1.78. The monoisotopic (exact) mass is 279 g/mol. The van der Waals surface area contributed by atoms with Gasteiger partial charge in [-0.1, -0.05) is 12.8 Å². The summed E-state index contributed by atoms with van der Waals surface area (Å²) in [4.78, 5) is 11.8. The van der Waals surface area contributed by atoms with Crippen molar-refractivity contribution >= 4 is 5.91 Å². The fourth-order valence-corrected chi connectivity index (χ4v) is 2.66. The van der Waals surface area contributed by atoms with Gasteiger partial charge in [0.25, 0.3) is 5.91 Å². The van der Waals surface area contributed by atoms with Crippen molar-refractivity contribution in [3.63, 3.8) is 0 Å². The maximum atomic E-state index is 11.8. The topological polar surface area (TPSA) is 62.4 Å². The third-order valence-electron chi connectivity index (χ3n) is 3.81. The highest BCUT2D eigenvalue weighted by molar-refractivity contribution is 5.78. The Morgan fingerprint density at radius 2 is 2.20 bits per heavy atom. The summed E-state index contributed by atoms with van der Waals surface area (Å²) in [5, 5.41) is 12.8.